The van der Waals surface area contributed by atoms with Crippen LogP contribution in [0, 0.1) is 5.41 Å². The fourth-order valence-corrected chi connectivity index (χ4v) is 3.41. The van der Waals surface area contributed by atoms with Crippen molar-refractivity contribution in [1.29, 1.82) is 0 Å². The van der Waals surface area contributed by atoms with Gasteiger partial charge in [0.2, 0.25) is 0 Å². The van der Waals surface area contributed by atoms with E-state index in [1.54, 1.807) is 0 Å². The van der Waals surface area contributed by atoms with Gasteiger partial charge in [0, 0.05) is 12.2 Å². The van der Waals surface area contributed by atoms with Gasteiger partial charge in [0.1, 0.15) is 11.3 Å². The Morgan fingerprint density at radius 1 is 1.47 bits per heavy atom. The average molecular weight is 278 g/mol. The van der Waals surface area contributed by atoms with Crippen LogP contribution in [0.4, 0.5) is 0 Å². The number of nitrogens with zero attached hydrogens (tertiary/aromatic N) is 3. The molecule has 4 heteroatoms. The fraction of sp³-hybridized carbons (Fsp3) is 0.600. The van der Waals surface area contributed by atoms with Crippen molar-refractivity contribution in [1.82, 2.24) is 14.5 Å². The van der Waals surface area contributed by atoms with Gasteiger partial charge in [-0.15, -0.1) is 11.6 Å². The van der Waals surface area contributed by atoms with Crippen LogP contribution >= 0.6 is 11.6 Å². The average Bonchev–Trinajstić information content (AvgIpc) is 2.89. The molecule has 1 fully saturated rings. The minimum absolute atomic E-state index is 0.0730. The quantitative estimate of drug-likeness (QED) is 0.758. The number of aromatic nitrogens is 3. The Labute approximate surface area is 119 Å². The van der Waals surface area contributed by atoms with Crippen molar-refractivity contribution in [2.24, 2.45) is 5.41 Å². The van der Waals surface area contributed by atoms with Crippen molar-refractivity contribution in [3.63, 3.8) is 0 Å². The first kappa shape index (κ1) is 12.9. The first-order valence-corrected chi connectivity index (χ1v) is 7.37. The SMILES string of the molecule is CC(Cl)c1nc2cnccc2n1C1CCC(C)(C)C1. The molecule has 0 radical (unpaired) electrons. The maximum atomic E-state index is 6.33. The highest BCUT2D eigenvalue weighted by Crippen LogP contribution is 2.45. The van der Waals surface area contributed by atoms with Crippen LogP contribution in [0.1, 0.15) is 57.3 Å². The smallest absolute Gasteiger partial charge is 0.128 e. The van der Waals surface area contributed by atoms with Gasteiger partial charge < -0.3 is 4.57 Å². The monoisotopic (exact) mass is 277 g/mol. The summed E-state index contributed by atoms with van der Waals surface area (Å²) in [6.45, 7) is 6.68. The molecule has 3 rings (SSSR count). The van der Waals surface area contributed by atoms with Crippen molar-refractivity contribution in [3.05, 3.63) is 24.3 Å². The van der Waals surface area contributed by atoms with E-state index in [-0.39, 0.29) is 5.38 Å². The van der Waals surface area contributed by atoms with Crippen molar-refractivity contribution in [2.75, 3.05) is 0 Å². The highest BCUT2D eigenvalue weighted by atomic mass is 35.5. The lowest BCUT2D eigenvalue weighted by Gasteiger charge is -2.20. The van der Waals surface area contributed by atoms with E-state index in [4.69, 9.17) is 11.6 Å². The van der Waals surface area contributed by atoms with E-state index in [9.17, 15) is 0 Å². The van der Waals surface area contributed by atoms with Gasteiger partial charge >= 0.3 is 0 Å². The highest BCUT2D eigenvalue weighted by Gasteiger charge is 2.34. The molecule has 2 heterocycles. The molecule has 2 aromatic rings. The zero-order valence-corrected chi connectivity index (χ0v) is 12.5. The summed E-state index contributed by atoms with van der Waals surface area (Å²) in [5, 5.41) is -0.0730. The lowest BCUT2D eigenvalue weighted by atomic mass is 9.92. The summed E-state index contributed by atoms with van der Waals surface area (Å²) in [7, 11) is 0. The van der Waals surface area contributed by atoms with Gasteiger partial charge in [-0.05, 0) is 37.7 Å². The Bertz CT molecular complexity index is 600. The van der Waals surface area contributed by atoms with Gasteiger partial charge in [-0.3, -0.25) is 4.98 Å². The molecule has 2 atom stereocenters. The number of halogens is 1. The number of fused-ring (bicyclic) bond motifs is 1. The lowest BCUT2D eigenvalue weighted by Crippen LogP contribution is -2.12. The van der Waals surface area contributed by atoms with E-state index in [1.807, 2.05) is 19.3 Å². The molecule has 0 N–H and O–H groups in total. The number of hydrogen-bond donors (Lipinski definition) is 0. The molecule has 102 valence electrons. The molecule has 3 nitrogen and oxygen atoms in total. The molecule has 2 aromatic heterocycles. The fourth-order valence-electron chi connectivity index (χ4n) is 3.25. The third-order valence-corrected chi connectivity index (χ3v) is 4.38. The van der Waals surface area contributed by atoms with Gasteiger partial charge in [0.05, 0.1) is 17.1 Å². The summed E-state index contributed by atoms with van der Waals surface area (Å²) in [6, 6.07) is 2.56. The zero-order chi connectivity index (χ0) is 13.6. The minimum atomic E-state index is -0.0730. The van der Waals surface area contributed by atoms with E-state index in [1.165, 1.54) is 24.8 Å². The molecule has 0 saturated heterocycles. The van der Waals surface area contributed by atoms with Crippen molar-refractivity contribution in [3.8, 4) is 0 Å². The summed E-state index contributed by atoms with van der Waals surface area (Å²) < 4.78 is 2.35. The first-order valence-electron chi connectivity index (χ1n) is 6.94. The van der Waals surface area contributed by atoms with Crippen LogP contribution in [-0.4, -0.2) is 14.5 Å². The number of hydrogen-bond acceptors (Lipinski definition) is 2. The number of imidazole rings is 1. The molecule has 0 spiro atoms. The van der Waals surface area contributed by atoms with Crippen molar-refractivity contribution < 1.29 is 0 Å². The summed E-state index contributed by atoms with van der Waals surface area (Å²) in [4.78, 5) is 8.84. The van der Waals surface area contributed by atoms with Crippen molar-refractivity contribution in [2.45, 2.75) is 51.5 Å². The molecule has 1 aliphatic carbocycles. The standard InChI is InChI=1S/C15H20ClN3/c1-10(16)14-18-12-9-17-7-5-13(12)19(14)11-4-6-15(2,3)8-11/h5,7,9-11H,4,6,8H2,1-3H3. The molecule has 2 unspecified atom stereocenters. The van der Waals surface area contributed by atoms with Gasteiger partial charge in [0.15, 0.2) is 0 Å². The molecular formula is C15H20ClN3. The topological polar surface area (TPSA) is 30.7 Å². The predicted molar refractivity (Wildman–Crippen MR) is 78.5 cm³/mol. The minimum Gasteiger partial charge on any atom is -0.324 e. The molecule has 19 heavy (non-hydrogen) atoms. The third kappa shape index (κ3) is 2.25. The van der Waals surface area contributed by atoms with Crippen LogP contribution in [0.2, 0.25) is 0 Å². The second-order valence-electron chi connectivity index (χ2n) is 6.38. The second kappa shape index (κ2) is 4.48. The number of alkyl halides is 1. The van der Waals surface area contributed by atoms with Gasteiger partial charge in [-0.25, -0.2) is 4.98 Å². The molecule has 1 aliphatic rings. The van der Waals surface area contributed by atoms with Crippen LogP contribution in [-0.2, 0) is 0 Å². The number of rotatable bonds is 2. The van der Waals surface area contributed by atoms with Gasteiger partial charge in [0.25, 0.3) is 0 Å². The summed E-state index contributed by atoms with van der Waals surface area (Å²) in [6.07, 6.45) is 7.32. The van der Waals surface area contributed by atoms with Crippen molar-refractivity contribution >= 4 is 22.6 Å². The molecular weight excluding hydrogens is 258 g/mol. The zero-order valence-electron chi connectivity index (χ0n) is 11.7. The van der Waals surface area contributed by atoms with E-state index in [2.05, 4.69) is 34.4 Å². The van der Waals surface area contributed by atoms with Crippen LogP contribution in [0.25, 0.3) is 11.0 Å². The summed E-state index contributed by atoms with van der Waals surface area (Å²) in [5.74, 6) is 0.979. The summed E-state index contributed by atoms with van der Waals surface area (Å²) in [5.41, 5.74) is 2.54. The second-order valence-corrected chi connectivity index (χ2v) is 7.04. The predicted octanol–water partition coefficient (Wildman–Crippen LogP) is 4.48. The van der Waals surface area contributed by atoms with E-state index in [0.717, 1.165) is 11.3 Å². The van der Waals surface area contributed by atoms with E-state index in [0.29, 0.717) is 11.5 Å². The molecule has 1 saturated carbocycles. The molecule has 0 aromatic carbocycles. The Hall–Kier alpha value is -1.09. The van der Waals surface area contributed by atoms with Crippen LogP contribution in [0.15, 0.2) is 18.5 Å². The highest BCUT2D eigenvalue weighted by molar-refractivity contribution is 6.20. The maximum absolute atomic E-state index is 6.33. The Kier molecular flexibility index (Phi) is 3.05. The van der Waals surface area contributed by atoms with Crippen LogP contribution < -0.4 is 0 Å². The molecule has 0 amide bonds. The summed E-state index contributed by atoms with van der Waals surface area (Å²) >= 11 is 6.33. The normalized spacial score (nSPS) is 23.9. The third-order valence-electron chi connectivity index (χ3n) is 4.18. The lowest BCUT2D eigenvalue weighted by molar-refractivity contribution is 0.358. The largest absolute Gasteiger partial charge is 0.324 e. The van der Waals surface area contributed by atoms with Gasteiger partial charge in [-0.1, -0.05) is 13.8 Å². The maximum Gasteiger partial charge on any atom is 0.128 e. The van der Waals surface area contributed by atoms with E-state index >= 15 is 0 Å². The van der Waals surface area contributed by atoms with E-state index < -0.39 is 0 Å². The Morgan fingerprint density at radius 2 is 2.26 bits per heavy atom. The Morgan fingerprint density at radius 3 is 2.89 bits per heavy atom. The Balaban J connectivity index is 2.13. The molecule has 0 bridgehead atoms. The molecule has 0 aliphatic heterocycles. The van der Waals surface area contributed by atoms with Crippen LogP contribution in [0.3, 0.4) is 0 Å². The number of pyridine rings is 1. The first-order chi connectivity index (χ1) is 8.98. The van der Waals surface area contributed by atoms with Crippen LogP contribution in [0.5, 0.6) is 0 Å². The van der Waals surface area contributed by atoms with Gasteiger partial charge in [-0.2, -0.15) is 0 Å².